The normalized spacial score (nSPS) is 42.2. The van der Waals surface area contributed by atoms with Crippen LogP contribution >= 0.6 is 31.9 Å². The highest BCUT2D eigenvalue weighted by molar-refractivity contribution is 9.10. The van der Waals surface area contributed by atoms with Crippen molar-refractivity contribution in [3.05, 3.63) is 152 Å². The average Bonchev–Trinajstić information content (AvgIpc) is 3.88. The molecule has 14 atom stereocenters. The first-order valence-corrected chi connectivity index (χ1v) is 24.6. The van der Waals surface area contributed by atoms with Crippen molar-refractivity contribution in [1.82, 2.24) is 0 Å². The van der Waals surface area contributed by atoms with Crippen LogP contribution in [0.5, 0.6) is 0 Å². The fourth-order valence-electron chi connectivity index (χ4n) is 17.7. The second-order valence-corrected chi connectivity index (χ2v) is 22.8. The molecule has 2 spiro atoms. The van der Waals surface area contributed by atoms with Gasteiger partial charge in [-0.25, -0.2) is 0 Å². The number of hydrogen-bond donors (Lipinski definition) is 0. The Kier molecular flexibility index (Phi) is 8.81. The van der Waals surface area contributed by atoms with Crippen molar-refractivity contribution in [3.8, 4) is 0 Å². The van der Waals surface area contributed by atoms with Gasteiger partial charge in [0.05, 0.1) is 49.2 Å². The summed E-state index contributed by atoms with van der Waals surface area (Å²) in [6.45, 7) is 8.34. The van der Waals surface area contributed by atoms with E-state index in [-0.39, 0.29) is 57.2 Å². The van der Waals surface area contributed by atoms with Gasteiger partial charge in [-0.3, -0.25) is 0 Å². The Hall–Kier alpha value is -2.28. The van der Waals surface area contributed by atoms with E-state index in [9.17, 15) is 0 Å². The number of anilines is 2. The van der Waals surface area contributed by atoms with Gasteiger partial charge in [-0.2, -0.15) is 0 Å². The molecule has 2 aliphatic carbocycles. The third-order valence-corrected chi connectivity index (χ3v) is 20.3. The first-order valence-electron chi connectivity index (χ1n) is 23.0. The summed E-state index contributed by atoms with van der Waals surface area (Å²) < 4.78 is 20.0. The topological polar surface area (TPSA) is 24.9 Å². The first-order chi connectivity index (χ1) is 29.4. The SMILES string of the molecule is Brc1ccc(C[N+]23CC[C@@]45c6ccccc6N6[C@@H]7OCC=C8C[N+]9(Cc%10ccc(Br)cc%10)CC[C@]%10%11c%12ccccc%12N([C@@H]%12OCC=C(C2)[C@H](C[C@@H]43)[C@@H]%12[C@H]65)[C@H]%10[C@H]7[C@H]8C[C@@H]%119)cc1.[Br-].[Br-]. The van der Waals surface area contributed by atoms with Crippen LogP contribution in [0, 0.1) is 23.7 Å². The lowest BCUT2D eigenvalue weighted by molar-refractivity contribution is -0.955. The van der Waals surface area contributed by atoms with Crippen molar-refractivity contribution >= 4 is 43.2 Å². The number of benzene rings is 4. The van der Waals surface area contributed by atoms with Crippen LogP contribution in [0.3, 0.4) is 0 Å². The Bertz CT molecular complexity index is 2410. The highest BCUT2D eigenvalue weighted by Gasteiger charge is 2.81. The van der Waals surface area contributed by atoms with E-state index in [4.69, 9.17) is 9.47 Å². The van der Waals surface area contributed by atoms with Crippen molar-refractivity contribution < 1.29 is 52.4 Å². The number of rotatable bonds is 4. The van der Waals surface area contributed by atoms with Crippen molar-refractivity contribution in [2.45, 2.75) is 86.2 Å². The molecule has 9 aliphatic heterocycles. The molecular formula is C52H52Br4N4O2. The standard InChI is InChI=1S/C52H52Br2N4O2.2BrH/c53-35-13-9-31(10-14-35)27-57-21-19-51-39-5-1-3-7-41(39)55-47(51)45-37(25-43(51)57)33(29-57)18-24-60-50(45)56-42-8-4-2-6-40(42)52-20-22-58(28-32-11-15-36(54)16-12-32)30-34-17-23-59-49(55)46(48(52)56)38(34)26-44(52)58;;/h1-18,37-38,43-50H,19-30H2;2*1H/q+2;;/p-2/t37-,38-,43-,44-,45+,46+,47-,48-,49+,50+,51+,52+,57?,58?;;/m0../s1. The van der Waals surface area contributed by atoms with Gasteiger partial charge in [0.2, 0.25) is 0 Å². The molecule has 62 heavy (non-hydrogen) atoms. The molecule has 0 N–H and O–H groups in total. The predicted molar refractivity (Wildman–Crippen MR) is 240 cm³/mol. The van der Waals surface area contributed by atoms with Gasteiger partial charge in [0.15, 0.2) is 0 Å². The summed E-state index contributed by atoms with van der Waals surface area (Å²) in [4.78, 5) is 6.01. The Morgan fingerprint density at radius 1 is 0.565 bits per heavy atom. The van der Waals surface area contributed by atoms with Gasteiger partial charge in [0, 0.05) is 80.8 Å². The van der Waals surface area contributed by atoms with Crippen molar-refractivity contribution in [3.63, 3.8) is 0 Å². The number of quaternary nitrogens is 2. The molecule has 320 valence electrons. The molecule has 0 amide bonds. The summed E-state index contributed by atoms with van der Waals surface area (Å²) in [6.07, 6.45) is 10.1. The maximum atomic E-state index is 7.67. The zero-order valence-electron chi connectivity index (χ0n) is 34.8. The molecule has 4 aromatic rings. The highest BCUT2D eigenvalue weighted by Crippen LogP contribution is 2.73. The Morgan fingerprint density at radius 2 is 0.984 bits per heavy atom. The second kappa shape index (κ2) is 13.6. The van der Waals surface area contributed by atoms with E-state index in [0.717, 1.165) is 35.1 Å². The predicted octanol–water partition coefficient (Wildman–Crippen LogP) is 3.23. The fourth-order valence-corrected chi connectivity index (χ4v) is 18.3. The summed E-state index contributed by atoms with van der Waals surface area (Å²) in [5.41, 5.74) is 12.5. The summed E-state index contributed by atoms with van der Waals surface area (Å²) in [5.74, 6) is 1.66. The minimum Gasteiger partial charge on any atom is -1.00 e. The minimum absolute atomic E-state index is 0. The third-order valence-electron chi connectivity index (χ3n) is 19.3. The molecule has 9 heterocycles. The van der Waals surface area contributed by atoms with Gasteiger partial charge in [-0.15, -0.1) is 0 Å². The van der Waals surface area contributed by atoms with Gasteiger partial charge in [0.25, 0.3) is 0 Å². The average molecular weight is 1080 g/mol. The summed E-state index contributed by atoms with van der Waals surface area (Å²) in [7, 11) is 0. The fraction of sp³-hybridized carbons (Fsp3) is 0.462. The maximum Gasteiger partial charge on any atom is 0.136 e. The zero-order valence-corrected chi connectivity index (χ0v) is 41.1. The van der Waals surface area contributed by atoms with Gasteiger partial charge < -0.3 is 62.2 Å². The molecule has 10 heteroatoms. The lowest BCUT2D eigenvalue weighted by Gasteiger charge is -2.65. The summed E-state index contributed by atoms with van der Waals surface area (Å²) in [5, 5.41) is 0. The number of nitrogens with zero attached hydrogens (tertiary/aromatic N) is 4. The molecule has 15 rings (SSSR count). The molecule has 11 aliphatic rings. The number of ether oxygens (including phenoxy) is 2. The molecule has 5 saturated heterocycles. The molecule has 4 aromatic carbocycles. The molecule has 7 fully saturated rings. The van der Waals surface area contributed by atoms with E-state index in [2.05, 4.69) is 151 Å². The van der Waals surface area contributed by atoms with Crippen LogP contribution in [-0.2, 0) is 33.4 Å². The van der Waals surface area contributed by atoms with Crippen LogP contribution in [0.4, 0.5) is 11.4 Å². The van der Waals surface area contributed by atoms with Crippen LogP contribution in [0.2, 0.25) is 0 Å². The molecule has 6 nitrogen and oxygen atoms in total. The van der Waals surface area contributed by atoms with Crippen molar-refractivity contribution in [1.29, 1.82) is 0 Å². The third kappa shape index (κ3) is 4.75. The van der Waals surface area contributed by atoms with E-state index >= 15 is 0 Å². The molecule has 4 bridgehead atoms. The van der Waals surface area contributed by atoms with Gasteiger partial charge >= 0.3 is 0 Å². The largest absolute Gasteiger partial charge is 1.00 e. The smallest absolute Gasteiger partial charge is 0.136 e. The molecule has 0 aromatic heterocycles. The van der Waals surface area contributed by atoms with Crippen LogP contribution in [-0.4, -0.2) is 85.0 Å². The highest BCUT2D eigenvalue weighted by atomic mass is 79.9. The molecule has 2 saturated carbocycles. The number of para-hydroxylation sites is 2. The van der Waals surface area contributed by atoms with E-state index < -0.39 is 0 Å². The number of hydrogen-bond acceptors (Lipinski definition) is 4. The Labute approximate surface area is 403 Å². The summed E-state index contributed by atoms with van der Waals surface area (Å²) in [6, 6.07) is 39.8. The van der Waals surface area contributed by atoms with E-state index in [0.29, 0.717) is 61.1 Å². The minimum atomic E-state index is 0. The molecular weight excluding hydrogens is 1030 g/mol. The van der Waals surface area contributed by atoms with E-state index in [1.54, 1.807) is 22.3 Å². The van der Waals surface area contributed by atoms with E-state index in [1.807, 2.05) is 0 Å². The second-order valence-electron chi connectivity index (χ2n) is 21.0. The van der Waals surface area contributed by atoms with Gasteiger partial charge in [-0.05, 0) is 58.7 Å². The lowest BCUT2D eigenvalue weighted by Crippen LogP contribution is -3.00. The van der Waals surface area contributed by atoms with Gasteiger partial charge in [0.1, 0.15) is 50.7 Å². The van der Waals surface area contributed by atoms with Gasteiger partial charge in [-0.1, -0.05) is 105 Å². The number of halogens is 4. The summed E-state index contributed by atoms with van der Waals surface area (Å²) >= 11 is 7.48. The Balaban J connectivity index is 0.00000196. The lowest BCUT2D eigenvalue weighted by atomic mass is 9.52. The maximum absolute atomic E-state index is 7.67. The number of piperidine rings is 2. The molecule has 2 unspecified atom stereocenters. The first kappa shape index (κ1) is 40.0. The monoisotopic (exact) mass is 1080 g/mol. The molecule has 0 radical (unpaired) electrons. The zero-order chi connectivity index (χ0) is 39.3. The van der Waals surface area contributed by atoms with Crippen LogP contribution < -0.4 is 43.8 Å². The van der Waals surface area contributed by atoms with Crippen LogP contribution in [0.15, 0.2) is 129 Å². The quantitative estimate of drug-likeness (QED) is 0.232. The number of fused-ring (bicyclic) bond motifs is 6. The van der Waals surface area contributed by atoms with Crippen LogP contribution in [0.1, 0.15) is 47.9 Å². The van der Waals surface area contributed by atoms with E-state index in [1.165, 1.54) is 70.2 Å². The Morgan fingerprint density at radius 3 is 1.42 bits per heavy atom. The van der Waals surface area contributed by atoms with Crippen molar-refractivity contribution in [2.75, 3.05) is 49.2 Å². The van der Waals surface area contributed by atoms with Crippen molar-refractivity contribution in [2.24, 2.45) is 23.7 Å². The van der Waals surface area contributed by atoms with Crippen LogP contribution in [0.25, 0.3) is 0 Å².